The number of methoxy groups -OCH3 is 1. The highest BCUT2D eigenvalue weighted by Gasteiger charge is 2.00. The van der Waals surface area contributed by atoms with Gasteiger partial charge in [-0.05, 0) is 17.7 Å². The third-order valence-electron chi connectivity index (χ3n) is 1.78. The number of benzene rings is 1. The summed E-state index contributed by atoms with van der Waals surface area (Å²) < 4.78 is 5.01. The molecule has 0 heterocycles. The average Bonchev–Trinajstić information content (AvgIpc) is 2.25. The number of halogens is 1. The molecular formula is C11H11ClO2. The number of rotatable bonds is 4. The lowest BCUT2D eigenvalue weighted by atomic mass is 10.1. The summed E-state index contributed by atoms with van der Waals surface area (Å²) in [6, 6.07) is 5.39. The lowest BCUT2D eigenvalue weighted by Gasteiger charge is -2.03. The van der Waals surface area contributed by atoms with Gasteiger partial charge in [0.05, 0.1) is 12.7 Å². The monoisotopic (exact) mass is 210 g/mol. The molecule has 0 atom stereocenters. The van der Waals surface area contributed by atoms with Gasteiger partial charge in [-0.25, -0.2) is 0 Å². The number of aldehydes is 1. The van der Waals surface area contributed by atoms with E-state index in [1.54, 1.807) is 12.1 Å². The van der Waals surface area contributed by atoms with Crippen LogP contribution in [0.1, 0.15) is 15.9 Å². The molecule has 0 saturated heterocycles. The molecule has 0 unspecified atom stereocenters. The van der Waals surface area contributed by atoms with Gasteiger partial charge in [0.2, 0.25) is 0 Å². The van der Waals surface area contributed by atoms with E-state index in [1.165, 1.54) is 7.11 Å². The number of carbonyl (C=O) groups is 1. The van der Waals surface area contributed by atoms with E-state index in [2.05, 4.69) is 0 Å². The van der Waals surface area contributed by atoms with Crippen molar-refractivity contribution in [1.82, 2.24) is 0 Å². The topological polar surface area (TPSA) is 26.3 Å². The van der Waals surface area contributed by atoms with Crippen LogP contribution in [0.2, 0.25) is 0 Å². The van der Waals surface area contributed by atoms with Gasteiger partial charge in [-0.3, -0.25) is 4.79 Å². The SMILES string of the molecule is COc1ccc(C=CCCl)cc1C=O. The second-order valence-electron chi connectivity index (χ2n) is 2.68. The molecule has 14 heavy (non-hydrogen) atoms. The van der Waals surface area contributed by atoms with E-state index in [-0.39, 0.29) is 0 Å². The molecule has 3 heteroatoms. The molecule has 0 spiro atoms. The fourth-order valence-electron chi connectivity index (χ4n) is 1.13. The largest absolute Gasteiger partial charge is 0.496 e. The Morgan fingerprint density at radius 3 is 2.86 bits per heavy atom. The minimum absolute atomic E-state index is 0.461. The van der Waals surface area contributed by atoms with Gasteiger partial charge in [0.1, 0.15) is 5.75 Å². The van der Waals surface area contributed by atoms with E-state index in [4.69, 9.17) is 16.3 Å². The summed E-state index contributed by atoms with van der Waals surface area (Å²) >= 11 is 5.50. The fourth-order valence-corrected chi connectivity index (χ4v) is 1.22. The average molecular weight is 211 g/mol. The van der Waals surface area contributed by atoms with Crippen LogP contribution in [0.3, 0.4) is 0 Å². The van der Waals surface area contributed by atoms with Crippen LogP contribution in [0.25, 0.3) is 6.08 Å². The van der Waals surface area contributed by atoms with Crippen LogP contribution in [0.4, 0.5) is 0 Å². The zero-order valence-corrected chi connectivity index (χ0v) is 8.62. The first-order valence-corrected chi connectivity index (χ1v) is 4.71. The third-order valence-corrected chi connectivity index (χ3v) is 1.96. The van der Waals surface area contributed by atoms with Gasteiger partial charge in [-0.2, -0.15) is 0 Å². The molecule has 74 valence electrons. The summed E-state index contributed by atoms with van der Waals surface area (Å²) in [5.74, 6) is 1.05. The molecule has 1 aromatic rings. The Labute approximate surface area is 88.1 Å². The highest BCUT2D eigenvalue weighted by molar-refractivity contribution is 6.19. The molecule has 0 fully saturated rings. The van der Waals surface area contributed by atoms with Crippen molar-refractivity contribution in [3.63, 3.8) is 0 Å². The summed E-state index contributed by atoms with van der Waals surface area (Å²) in [6.07, 6.45) is 4.45. The third kappa shape index (κ3) is 2.60. The Morgan fingerprint density at radius 1 is 1.50 bits per heavy atom. The van der Waals surface area contributed by atoms with Crippen LogP contribution in [0.5, 0.6) is 5.75 Å². The minimum atomic E-state index is 0.461. The molecule has 1 rings (SSSR count). The zero-order chi connectivity index (χ0) is 10.4. The van der Waals surface area contributed by atoms with Crippen molar-refractivity contribution in [3.05, 3.63) is 35.4 Å². The summed E-state index contributed by atoms with van der Waals surface area (Å²) in [5.41, 5.74) is 1.48. The number of hydrogen-bond donors (Lipinski definition) is 0. The molecule has 2 nitrogen and oxygen atoms in total. The van der Waals surface area contributed by atoms with Gasteiger partial charge in [0.15, 0.2) is 6.29 Å². The molecule has 0 saturated carbocycles. The van der Waals surface area contributed by atoms with E-state index >= 15 is 0 Å². The first-order valence-electron chi connectivity index (χ1n) is 4.17. The van der Waals surface area contributed by atoms with Gasteiger partial charge >= 0.3 is 0 Å². The first kappa shape index (κ1) is 10.8. The Balaban J connectivity index is 3.01. The smallest absolute Gasteiger partial charge is 0.153 e. The van der Waals surface area contributed by atoms with Gasteiger partial charge in [0.25, 0.3) is 0 Å². The van der Waals surface area contributed by atoms with Gasteiger partial charge in [0, 0.05) is 5.88 Å². The maximum absolute atomic E-state index is 10.7. The Bertz CT molecular complexity index is 345. The van der Waals surface area contributed by atoms with Crippen LogP contribution in [0.15, 0.2) is 24.3 Å². The van der Waals surface area contributed by atoms with Crippen LogP contribution in [-0.4, -0.2) is 19.3 Å². The number of carbonyl (C=O) groups excluding carboxylic acids is 1. The molecular weight excluding hydrogens is 200 g/mol. The Morgan fingerprint density at radius 2 is 2.29 bits per heavy atom. The molecule has 0 aliphatic heterocycles. The number of alkyl halides is 1. The van der Waals surface area contributed by atoms with Crippen LogP contribution in [0, 0.1) is 0 Å². The fraction of sp³-hybridized carbons (Fsp3) is 0.182. The summed E-state index contributed by atoms with van der Waals surface area (Å²) in [6.45, 7) is 0. The molecule has 1 aromatic carbocycles. The number of allylic oxidation sites excluding steroid dienone is 1. The number of ether oxygens (including phenoxy) is 1. The van der Waals surface area contributed by atoms with Crippen molar-refractivity contribution >= 4 is 24.0 Å². The van der Waals surface area contributed by atoms with Crippen molar-refractivity contribution in [1.29, 1.82) is 0 Å². The predicted octanol–water partition coefficient (Wildman–Crippen LogP) is 2.76. The lowest BCUT2D eigenvalue weighted by Crippen LogP contribution is -1.90. The predicted molar refractivity (Wildman–Crippen MR) is 58.1 cm³/mol. The highest BCUT2D eigenvalue weighted by Crippen LogP contribution is 2.18. The molecule has 0 N–H and O–H groups in total. The highest BCUT2D eigenvalue weighted by atomic mass is 35.5. The van der Waals surface area contributed by atoms with Crippen molar-refractivity contribution in [2.24, 2.45) is 0 Å². The van der Waals surface area contributed by atoms with E-state index in [0.717, 1.165) is 11.8 Å². The van der Waals surface area contributed by atoms with Crippen LogP contribution in [-0.2, 0) is 0 Å². The second kappa shape index (κ2) is 5.45. The van der Waals surface area contributed by atoms with E-state index in [0.29, 0.717) is 17.2 Å². The molecule has 0 amide bonds. The molecule has 0 radical (unpaired) electrons. The summed E-state index contributed by atoms with van der Waals surface area (Å²) in [4.78, 5) is 10.7. The molecule has 0 bridgehead atoms. The van der Waals surface area contributed by atoms with Crippen molar-refractivity contribution in [2.45, 2.75) is 0 Å². The maximum atomic E-state index is 10.7. The van der Waals surface area contributed by atoms with Gasteiger partial charge in [-0.1, -0.05) is 18.2 Å². The molecule has 0 aromatic heterocycles. The normalized spacial score (nSPS) is 10.4. The first-order chi connectivity index (χ1) is 6.81. The van der Waals surface area contributed by atoms with Crippen LogP contribution >= 0.6 is 11.6 Å². The van der Waals surface area contributed by atoms with E-state index in [1.807, 2.05) is 18.2 Å². The summed E-state index contributed by atoms with van der Waals surface area (Å²) in [5, 5.41) is 0. The Kier molecular flexibility index (Phi) is 4.20. The quantitative estimate of drug-likeness (QED) is 0.564. The second-order valence-corrected chi connectivity index (χ2v) is 2.98. The lowest BCUT2D eigenvalue weighted by molar-refractivity contribution is 0.112. The van der Waals surface area contributed by atoms with Gasteiger partial charge < -0.3 is 4.74 Å². The van der Waals surface area contributed by atoms with Crippen molar-refractivity contribution < 1.29 is 9.53 Å². The van der Waals surface area contributed by atoms with E-state index in [9.17, 15) is 4.79 Å². The van der Waals surface area contributed by atoms with Crippen molar-refractivity contribution in [3.8, 4) is 5.75 Å². The molecule has 0 aliphatic carbocycles. The maximum Gasteiger partial charge on any atom is 0.153 e. The summed E-state index contributed by atoms with van der Waals surface area (Å²) in [7, 11) is 1.54. The zero-order valence-electron chi connectivity index (χ0n) is 7.87. The van der Waals surface area contributed by atoms with Gasteiger partial charge in [-0.15, -0.1) is 11.6 Å². The minimum Gasteiger partial charge on any atom is -0.496 e. The van der Waals surface area contributed by atoms with Crippen LogP contribution < -0.4 is 4.74 Å². The number of hydrogen-bond acceptors (Lipinski definition) is 2. The van der Waals surface area contributed by atoms with Crippen molar-refractivity contribution in [2.75, 3.05) is 13.0 Å². The Hall–Kier alpha value is -1.28. The van der Waals surface area contributed by atoms with E-state index < -0.39 is 0 Å². The molecule has 0 aliphatic rings. The standard InChI is InChI=1S/C11H11ClO2/c1-14-11-5-4-9(3-2-6-12)7-10(11)8-13/h2-5,7-8H,6H2,1H3.